The van der Waals surface area contributed by atoms with E-state index >= 15 is 4.39 Å². The molecule has 7 rings (SSSR count). The Morgan fingerprint density at radius 2 is 1.79 bits per heavy atom. The van der Waals surface area contributed by atoms with E-state index < -0.39 is 57.8 Å². The zero-order valence-electron chi connectivity index (χ0n) is 27.4. The van der Waals surface area contributed by atoms with Gasteiger partial charge < -0.3 is 25.6 Å². The van der Waals surface area contributed by atoms with Crippen LogP contribution >= 0.6 is 11.6 Å². The molecule has 2 amide bonds. The fourth-order valence-corrected chi connectivity index (χ4v) is 6.37. The summed E-state index contributed by atoms with van der Waals surface area (Å²) in [4.78, 5) is 31.0. The average molecular weight is 742 g/mol. The van der Waals surface area contributed by atoms with Crippen LogP contribution in [-0.2, 0) is 22.0 Å². The summed E-state index contributed by atoms with van der Waals surface area (Å²) in [6.07, 6.45) is -0.985. The third-order valence-electron chi connectivity index (χ3n) is 9.49. The van der Waals surface area contributed by atoms with Gasteiger partial charge in [0.05, 0.1) is 36.0 Å². The lowest BCUT2D eigenvalue weighted by Gasteiger charge is -2.30. The predicted octanol–water partition coefficient (Wildman–Crippen LogP) is 6.19. The number of benzene rings is 3. The zero-order chi connectivity index (χ0) is 37.3. The molecule has 4 N–H and O–H groups in total. The molecule has 3 aromatic carbocycles. The number of pyridine rings is 1. The van der Waals surface area contributed by atoms with Crippen molar-refractivity contribution in [3.8, 4) is 22.8 Å². The summed E-state index contributed by atoms with van der Waals surface area (Å²) in [5.74, 6) is -3.54. The van der Waals surface area contributed by atoms with Gasteiger partial charge in [-0.1, -0.05) is 23.7 Å². The first-order chi connectivity index (χ1) is 24.5. The molecule has 5 aromatic rings. The summed E-state index contributed by atoms with van der Waals surface area (Å²) in [6, 6.07) is 9.49. The van der Waals surface area contributed by atoms with Gasteiger partial charge in [-0.2, -0.15) is 18.3 Å². The van der Waals surface area contributed by atoms with Crippen LogP contribution in [0.4, 0.5) is 22.0 Å². The molecule has 2 aliphatic rings. The lowest BCUT2D eigenvalue weighted by Crippen LogP contribution is -2.43. The number of rotatable bonds is 9. The van der Waals surface area contributed by atoms with Gasteiger partial charge in [0.25, 0.3) is 5.91 Å². The van der Waals surface area contributed by atoms with Crippen molar-refractivity contribution in [3.05, 3.63) is 105 Å². The number of methoxy groups -OCH3 is 1. The number of nitrogens with two attached hydrogens (primary N) is 1. The lowest BCUT2D eigenvalue weighted by atomic mass is 9.80. The SMILES string of the molecule is COc1cc(C(=O)NC[C@@](O)(c2ccc(C(F)(F)F)cc2)c2cc3c(c(-c4cc(Cl)c(F)cc4F)n2)OC[C@]3(C)C(N)=O)cc2cn(C3CC3)nc12. The second kappa shape index (κ2) is 12.4. The van der Waals surface area contributed by atoms with Gasteiger partial charge in [-0.05, 0) is 61.7 Å². The van der Waals surface area contributed by atoms with E-state index in [4.69, 9.17) is 26.8 Å². The first kappa shape index (κ1) is 35.1. The van der Waals surface area contributed by atoms with E-state index in [-0.39, 0.29) is 52.0 Å². The molecule has 16 heteroatoms. The van der Waals surface area contributed by atoms with E-state index in [1.807, 2.05) is 0 Å². The quantitative estimate of drug-likeness (QED) is 0.121. The van der Waals surface area contributed by atoms with Crippen molar-refractivity contribution < 1.29 is 46.1 Å². The standard InChI is InChI=1S/C36H29ClF5N5O5/c1-34(33(43)49)16-52-31-23(34)12-28(45-30(31)22-11-24(37)26(39)13-25(22)38)35(50,19-3-5-20(6-4-19)36(40,41)42)15-44-32(48)17-9-18-14-47(21-7-8-21)46-29(18)27(10-17)51-2/h3-6,9-14,21,50H,7-8,15-16H2,1-2H3,(H2,43,49)(H,44,48)/t34-,35+/m0/s1. The normalized spacial score (nSPS) is 18.1. The lowest BCUT2D eigenvalue weighted by molar-refractivity contribution is -0.137. The Bertz CT molecular complexity index is 2280. The number of halogens is 6. The van der Waals surface area contributed by atoms with Crippen molar-refractivity contribution >= 4 is 34.3 Å². The van der Waals surface area contributed by atoms with E-state index in [2.05, 4.69) is 15.4 Å². The maximum absolute atomic E-state index is 15.4. The molecule has 1 aliphatic heterocycles. The van der Waals surface area contributed by atoms with Crippen LogP contribution < -0.4 is 20.5 Å². The number of nitrogens with zero attached hydrogens (tertiary/aromatic N) is 3. The van der Waals surface area contributed by atoms with Gasteiger partial charge >= 0.3 is 6.18 Å². The molecule has 0 bridgehead atoms. The second-order valence-electron chi connectivity index (χ2n) is 13.0. The highest BCUT2D eigenvalue weighted by atomic mass is 35.5. The van der Waals surface area contributed by atoms with Gasteiger partial charge in [-0.25, -0.2) is 13.8 Å². The molecular weight excluding hydrogens is 713 g/mol. The van der Waals surface area contributed by atoms with Crippen LogP contribution in [0, 0.1) is 11.6 Å². The monoisotopic (exact) mass is 741 g/mol. The highest BCUT2D eigenvalue weighted by molar-refractivity contribution is 6.31. The smallest absolute Gasteiger partial charge is 0.416 e. The molecule has 0 radical (unpaired) electrons. The number of alkyl halides is 3. The minimum atomic E-state index is -4.71. The summed E-state index contributed by atoms with van der Waals surface area (Å²) in [5.41, 5.74) is 0.292. The van der Waals surface area contributed by atoms with E-state index in [1.54, 1.807) is 16.9 Å². The Hall–Kier alpha value is -5.28. The maximum atomic E-state index is 15.4. The summed E-state index contributed by atoms with van der Waals surface area (Å²) < 4.78 is 83.4. The molecule has 0 unspecified atom stereocenters. The van der Waals surface area contributed by atoms with Crippen LogP contribution in [0.1, 0.15) is 58.5 Å². The number of primary amides is 1. The second-order valence-corrected chi connectivity index (χ2v) is 13.4. The number of aromatic nitrogens is 3. The molecule has 1 saturated carbocycles. The molecule has 1 fully saturated rings. The van der Waals surface area contributed by atoms with Crippen molar-refractivity contribution in [1.29, 1.82) is 0 Å². The Morgan fingerprint density at radius 3 is 2.42 bits per heavy atom. The highest BCUT2D eigenvalue weighted by Crippen LogP contribution is 2.47. The van der Waals surface area contributed by atoms with Gasteiger partial charge in [0.2, 0.25) is 5.91 Å². The summed E-state index contributed by atoms with van der Waals surface area (Å²) >= 11 is 6.00. The fraction of sp³-hybridized carbons (Fsp3) is 0.278. The highest BCUT2D eigenvalue weighted by Gasteiger charge is 2.46. The third kappa shape index (κ3) is 5.96. The summed E-state index contributed by atoms with van der Waals surface area (Å²) in [5, 5.41) is 19.9. The Balaban J connectivity index is 1.36. The number of carbonyl (C=O) groups excluding carboxylic acids is 2. The van der Waals surface area contributed by atoms with Crippen molar-refractivity contribution in [1.82, 2.24) is 20.1 Å². The number of hydrogen-bond acceptors (Lipinski definition) is 7. The van der Waals surface area contributed by atoms with Gasteiger partial charge in [0.1, 0.15) is 52.0 Å². The van der Waals surface area contributed by atoms with Gasteiger partial charge in [0.15, 0.2) is 0 Å². The van der Waals surface area contributed by atoms with Gasteiger partial charge in [-0.15, -0.1) is 0 Å². The van der Waals surface area contributed by atoms with E-state index in [9.17, 15) is 32.3 Å². The summed E-state index contributed by atoms with van der Waals surface area (Å²) in [6.45, 7) is 0.435. The van der Waals surface area contributed by atoms with Crippen LogP contribution in [0.15, 0.2) is 60.8 Å². The van der Waals surface area contributed by atoms with E-state index in [0.717, 1.165) is 43.2 Å². The predicted molar refractivity (Wildman–Crippen MR) is 178 cm³/mol. The molecular formula is C36H29ClF5N5O5. The van der Waals surface area contributed by atoms with E-state index in [1.165, 1.54) is 26.2 Å². The van der Waals surface area contributed by atoms with Crippen LogP contribution in [-0.4, -0.2) is 51.9 Å². The Labute approximate surface area is 297 Å². The minimum Gasteiger partial charge on any atom is -0.494 e. The largest absolute Gasteiger partial charge is 0.494 e. The van der Waals surface area contributed by atoms with Crippen molar-refractivity contribution in [2.24, 2.45) is 5.73 Å². The number of ether oxygens (including phenoxy) is 2. The van der Waals surface area contributed by atoms with Crippen LogP contribution in [0.3, 0.4) is 0 Å². The van der Waals surface area contributed by atoms with Crippen molar-refractivity contribution in [2.45, 2.75) is 43.0 Å². The summed E-state index contributed by atoms with van der Waals surface area (Å²) in [7, 11) is 1.42. The molecule has 0 saturated heterocycles. The first-order valence-corrected chi connectivity index (χ1v) is 16.3. The third-order valence-corrected chi connectivity index (χ3v) is 9.78. The average Bonchev–Trinajstić information content (AvgIpc) is 3.78. The van der Waals surface area contributed by atoms with Crippen molar-refractivity contribution in [3.63, 3.8) is 0 Å². The molecule has 3 heterocycles. The fourth-order valence-electron chi connectivity index (χ4n) is 6.21. The molecule has 2 atom stereocenters. The van der Waals surface area contributed by atoms with Crippen LogP contribution in [0.2, 0.25) is 5.02 Å². The van der Waals surface area contributed by atoms with Crippen molar-refractivity contribution in [2.75, 3.05) is 20.3 Å². The topological polar surface area (TPSA) is 142 Å². The Kier molecular flexibility index (Phi) is 8.41. The number of aliphatic hydroxyl groups is 1. The molecule has 270 valence electrons. The van der Waals surface area contributed by atoms with Gasteiger partial charge in [0, 0.05) is 34.3 Å². The van der Waals surface area contributed by atoms with Crippen LogP contribution in [0.25, 0.3) is 22.2 Å². The molecule has 2 aromatic heterocycles. The molecule has 0 spiro atoms. The molecule has 52 heavy (non-hydrogen) atoms. The van der Waals surface area contributed by atoms with Crippen LogP contribution in [0.5, 0.6) is 11.5 Å². The van der Waals surface area contributed by atoms with E-state index in [0.29, 0.717) is 22.7 Å². The minimum absolute atomic E-state index is 0.0550. The number of amides is 2. The number of fused-ring (bicyclic) bond motifs is 2. The number of carbonyl (C=O) groups is 2. The first-order valence-electron chi connectivity index (χ1n) is 15.9. The maximum Gasteiger partial charge on any atom is 0.416 e. The van der Waals surface area contributed by atoms with Gasteiger partial charge in [-0.3, -0.25) is 14.3 Å². The molecule has 1 aliphatic carbocycles. The number of nitrogens with one attached hydrogen (secondary N) is 1. The molecule has 10 nitrogen and oxygen atoms in total. The number of hydrogen-bond donors (Lipinski definition) is 3. The zero-order valence-corrected chi connectivity index (χ0v) is 28.2. The Morgan fingerprint density at radius 1 is 1.10 bits per heavy atom.